The van der Waals surface area contributed by atoms with Crippen LogP contribution in [-0.2, 0) is 0 Å². The first kappa shape index (κ1) is 12.9. The van der Waals surface area contributed by atoms with Crippen molar-refractivity contribution in [1.82, 2.24) is 15.1 Å². The lowest BCUT2D eigenvalue weighted by Gasteiger charge is -2.49. The molecule has 4 atom stereocenters. The molecule has 0 bridgehead atoms. The third kappa shape index (κ3) is 2.45. The van der Waals surface area contributed by atoms with E-state index in [2.05, 4.69) is 29.1 Å². The van der Waals surface area contributed by atoms with Crippen LogP contribution in [0.15, 0.2) is 0 Å². The van der Waals surface area contributed by atoms with Crippen molar-refractivity contribution in [3.05, 3.63) is 0 Å². The van der Waals surface area contributed by atoms with Crippen LogP contribution in [0.1, 0.15) is 45.4 Å². The van der Waals surface area contributed by atoms with E-state index in [-0.39, 0.29) is 0 Å². The first-order valence-corrected chi connectivity index (χ1v) is 7.95. The lowest BCUT2D eigenvalue weighted by molar-refractivity contribution is -0.00675. The van der Waals surface area contributed by atoms with Crippen LogP contribution < -0.4 is 5.32 Å². The molecule has 1 N–H and O–H groups in total. The van der Waals surface area contributed by atoms with Gasteiger partial charge in [0.2, 0.25) is 0 Å². The van der Waals surface area contributed by atoms with Crippen LogP contribution in [0.3, 0.4) is 0 Å². The van der Waals surface area contributed by atoms with Gasteiger partial charge in [0.1, 0.15) is 0 Å². The minimum atomic E-state index is 0.764. The first-order chi connectivity index (χ1) is 8.78. The van der Waals surface area contributed by atoms with E-state index in [1.165, 1.54) is 58.2 Å². The number of piperazine rings is 1. The lowest BCUT2D eigenvalue weighted by atomic mass is 9.95. The molecule has 1 aliphatic carbocycles. The summed E-state index contributed by atoms with van der Waals surface area (Å²) >= 11 is 0. The zero-order valence-electron chi connectivity index (χ0n) is 12.1. The van der Waals surface area contributed by atoms with Gasteiger partial charge in [-0.25, -0.2) is 0 Å². The Hall–Kier alpha value is -0.120. The van der Waals surface area contributed by atoms with Gasteiger partial charge in [-0.3, -0.25) is 9.80 Å². The smallest absolute Gasteiger partial charge is 0.0224 e. The third-order valence-corrected chi connectivity index (χ3v) is 5.52. The summed E-state index contributed by atoms with van der Waals surface area (Å²) in [6.45, 7) is 6.44. The van der Waals surface area contributed by atoms with Crippen molar-refractivity contribution in [3.8, 4) is 0 Å². The molecule has 2 saturated heterocycles. The summed E-state index contributed by atoms with van der Waals surface area (Å²) in [4.78, 5) is 5.60. The Morgan fingerprint density at radius 2 is 1.89 bits per heavy atom. The molecule has 18 heavy (non-hydrogen) atoms. The topological polar surface area (TPSA) is 18.5 Å². The summed E-state index contributed by atoms with van der Waals surface area (Å²) in [5.41, 5.74) is 0. The summed E-state index contributed by atoms with van der Waals surface area (Å²) < 4.78 is 0. The van der Waals surface area contributed by atoms with Crippen LogP contribution >= 0.6 is 0 Å². The first-order valence-electron chi connectivity index (χ1n) is 7.95. The molecule has 0 amide bonds. The molecule has 0 aromatic rings. The monoisotopic (exact) mass is 251 g/mol. The van der Waals surface area contributed by atoms with Crippen molar-refractivity contribution in [2.45, 2.75) is 69.6 Å². The number of nitrogens with zero attached hydrogens (tertiary/aromatic N) is 2. The average molecular weight is 251 g/mol. The highest BCUT2D eigenvalue weighted by Crippen LogP contribution is 2.31. The molecule has 3 heteroatoms. The van der Waals surface area contributed by atoms with Crippen LogP contribution in [-0.4, -0.2) is 60.6 Å². The predicted octanol–water partition coefficient (Wildman–Crippen LogP) is 1.69. The van der Waals surface area contributed by atoms with Gasteiger partial charge in [-0.2, -0.15) is 0 Å². The number of hydrogen-bond acceptors (Lipinski definition) is 3. The molecular weight excluding hydrogens is 222 g/mol. The molecule has 104 valence electrons. The molecule has 2 heterocycles. The Morgan fingerprint density at radius 1 is 1.00 bits per heavy atom. The van der Waals surface area contributed by atoms with Crippen molar-refractivity contribution >= 4 is 0 Å². The molecule has 3 aliphatic rings. The highest BCUT2D eigenvalue weighted by molar-refractivity contribution is 4.95. The quantitative estimate of drug-likeness (QED) is 0.806. The number of fused-ring (bicyclic) bond motifs is 1. The second-order valence-electron chi connectivity index (χ2n) is 6.64. The summed E-state index contributed by atoms with van der Waals surface area (Å²) in [7, 11) is 2.12. The van der Waals surface area contributed by atoms with E-state index in [0.29, 0.717) is 0 Å². The SMILES string of the molecule is CNC1CCC(N2CC3CCCCN3CC2C)C1. The van der Waals surface area contributed by atoms with Gasteiger partial charge in [-0.1, -0.05) is 6.42 Å². The van der Waals surface area contributed by atoms with Crippen molar-refractivity contribution < 1.29 is 0 Å². The van der Waals surface area contributed by atoms with E-state index in [4.69, 9.17) is 0 Å². The van der Waals surface area contributed by atoms with E-state index in [1.807, 2.05) is 0 Å². The molecule has 3 rings (SSSR count). The highest BCUT2D eigenvalue weighted by atomic mass is 15.3. The third-order valence-electron chi connectivity index (χ3n) is 5.52. The van der Waals surface area contributed by atoms with Gasteiger partial charge in [-0.05, 0) is 52.6 Å². The number of hydrogen-bond donors (Lipinski definition) is 1. The van der Waals surface area contributed by atoms with Crippen molar-refractivity contribution in [3.63, 3.8) is 0 Å². The number of rotatable bonds is 2. The maximum absolute atomic E-state index is 3.47. The maximum atomic E-state index is 3.47. The van der Waals surface area contributed by atoms with Gasteiger partial charge in [0.25, 0.3) is 0 Å². The Bertz CT molecular complexity index is 281. The van der Waals surface area contributed by atoms with E-state index in [1.54, 1.807) is 0 Å². The summed E-state index contributed by atoms with van der Waals surface area (Å²) in [6, 6.07) is 3.25. The Morgan fingerprint density at radius 3 is 2.67 bits per heavy atom. The number of piperidine rings is 1. The lowest BCUT2D eigenvalue weighted by Crippen LogP contribution is -2.60. The predicted molar refractivity (Wildman–Crippen MR) is 75.9 cm³/mol. The van der Waals surface area contributed by atoms with Crippen LogP contribution in [0.4, 0.5) is 0 Å². The van der Waals surface area contributed by atoms with E-state index in [9.17, 15) is 0 Å². The molecule has 4 unspecified atom stereocenters. The van der Waals surface area contributed by atoms with Gasteiger partial charge in [-0.15, -0.1) is 0 Å². The molecule has 1 saturated carbocycles. The van der Waals surface area contributed by atoms with Crippen LogP contribution in [0.5, 0.6) is 0 Å². The van der Waals surface area contributed by atoms with Gasteiger partial charge in [0.15, 0.2) is 0 Å². The normalized spacial score (nSPS) is 43.0. The van der Waals surface area contributed by atoms with Gasteiger partial charge in [0.05, 0.1) is 0 Å². The minimum absolute atomic E-state index is 0.764. The Labute approximate surface area is 112 Å². The molecule has 3 nitrogen and oxygen atoms in total. The molecule has 3 fully saturated rings. The standard InChI is InChI=1S/C15H29N3/c1-12-10-17-8-4-3-5-15(17)11-18(12)14-7-6-13(9-14)16-2/h12-16H,3-11H2,1-2H3. The van der Waals surface area contributed by atoms with Crippen molar-refractivity contribution in [1.29, 1.82) is 0 Å². The zero-order chi connectivity index (χ0) is 12.5. The second kappa shape index (κ2) is 5.48. The van der Waals surface area contributed by atoms with Crippen molar-refractivity contribution in [2.75, 3.05) is 26.7 Å². The van der Waals surface area contributed by atoms with E-state index < -0.39 is 0 Å². The molecule has 2 aliphatic heterocycles. The molecule has 0 radical (unpaired) electrons. The largest absolute Gasteiger partial charge is 0.317 e. The second-order valence-corrected chi connectivity index (χ2v) is 6.64. The van der Waals surface area contributed by atoms with Gasteiger partial charge < -0.3 is 5.32 Å². The van der Waals surface area contributed by atoms with Gasteiger partial charge in [0, 0.05) is 37.3 Å². The summed E-state index contributed by atoms with van der Waals surface area (Å²) in [6.07, 6.45) is 8.46. The van der Waals surface area contributed by atoms with E-state index >= 15 is 0 Å². The fourth-order valence-corrected chi connectivity index (χ4v) is 4.40. The fourth-order valence-electron chi connectivity index (χ4n) is 4.40. The molecular formula is C15H29N3. The number of nitrogens with one attached hydrogen (secondary N) is 1. The van der Waals surface area contributed by atoms with E-state index in [0.717, 1.165) is 24.2 Å². The van der Waals surface area contributed by atoms with Gasteiger partial charge >= 0.3 is 0 Å². The Kier molecular flexibility index (Phi) is 3.92. The minimum Gasteiger partial charge on any atom is -0.317 e. The van der Waals surface area contributed by atoms with Crippen LogP contribution in [0, 0.1) is 0 Å². The maximum Gasteiger partial charge on any atom is 0.0224 e. The molecule has 0 spiro atoms. The average Bonchev–Trinajstić information content (AvgIpc) is 2.86. The fraction of sp³-hybridized carbons (Fsp3) is 1.00. The molecule has 0 aromatic heterocycles. The zero-order valence-corrected chi connectivity index (χ0v) is 12.1. The summed E-state index contributed by atoms with van der Waals surface area (Å²) in [5, 5.41) is 3.47. The highest BCUT2D eigenvalue weighted by Gasteiger charge is 2.38. The van der Waals surface area contributed by atoms with Crippen LogP contribution in [0.25, 0.3) is 0 Å². The van der Waals surface area contributed by atoms with Crippen molar-refractivity contribution in [2.24, 2.45) is 0 Å². The molecule has 0 aromatic carbocycles. The van der Waals surface area contributed by atoms with Crippen LogP contribution in [0.2, 0.25) is 0 Å². The summed E-state index contributed by atoms with van der Waals surface area (Å²) in [5.74, 6) is 0. The Balaban J connectivity index is 1.62.